The van der Waals surface area contributed by atoms with Crippen molar-refractivity contribution in [2.24, 2.45) is 0 Å². The van der Waals surface area contributed by atoms with Crippen molar-refractivity contribution in [1.82, 2.24) is 0 Å². The first-order valence-electron chi connectivity index (χ1n) is 5.33. The summed E-state index contributed by atoms with van der Waals surface area (Å²) in [6, 6.07) is 0.858. The highest BCUT2D eigenvalue weighted by molar-refractivity contribution is 4.55. The molecule has 0 aliphatic rings. The summed E-state index contributed by atoms with van der Waals surface area (Å²) in [5.74, 6) is 0. The molecule has 1 atom stereocenters. The van der Waals surface area contributed by atoms with Crippen LogP contribution < -0.4 is 0 Å². The first-order chi connectivity index (χ1) is 5.52. The van der Waals surface area contributed by atoms with E-state index in [0.717, 1.165) is 10.5 Å². The maximum atomic E-state index is 2.31. The number of quaternary nitrogens is 1. The summed E-state index contributed by atoms with van der Waals surface area (Å²) >= 11 is 0. The molecule has 12 heavy (non-hydrogen) atoms. The quantitative estimate of drug-likeness (QED) is 0.427. The highest BCUT2D eigenvalue weighted by Crippen LogP contribution is 2.15. The maximum Gasteiger partial charge on any atom is 0.0881 e. The zero-order valence-electron chi connectivity index (χ0n) is 9.56. The Kier molecular flexibility index (Phi) is 5.56. The van der Waals surface area contributed by atoms with Crippen LogP contribution in [0.5, 0.6) is 0 Å². The van der Waals surface area contributed by atoms with Crippen molar-refractivity contribution < 1.29 is 4.48 Å². The maximum absolute atomic E-state index is 2.31. The predicted octanol–water partition coefficient (Wildman–Crippen LogP) is 3.05. The van der Waals surface area contributed by atoms with Crippen molar-refractivity contribution in [3.63, 3.8) is 0 Å². The first kappa shape index (κ1) is 12.0. The standard InChI is InChI=1S/C11H26N/c1-6-8-9-10-11(7-2)12(3,4)5/h11H,6-10H2,1-5H3/q+1. The van der Waals surface area contributed by atoms with Gasteiger partial charge in [0.15, 0.2) is 0 Å². The summed E-state index contributed by atoms with van der Waals surface area (Å²) in [7, 11) is 6.92. The average Bonchev–Trinajstić information content (AvgIpc) is 1.95. The van der Waals surface area contributed by atoms with E-state index >= 15 is 0 Å². The predicted molar refractivity (Wildman–Crippen MR) is 56.3 cm³/mol. The van der Waals surface area contributed by atoms with E-state index in [1.807, 2.05) is 0 Å². The van der Waals surface area contributed by atoms with Gasteiger partial charge >= 0.3 is 0 Å². The molecule has 1 nitrogen and oxygen atoms in total. The summed E-state index contributed by atoms with van der Waals surface area (Å²) < 4.78 is 1.13. The van der Waals surface area contributed by atoms with Crippen LogP contribution in [0.2, 0.25) is 0 Å². The van der Waals surface area contributed by atoms with E-state index in [1.165, 1.54) is 32.1 Å². The Balaban J connectivity index is 3.68. The molecular weight excluding hydrogens is 146 g/mol. The molecule has 0 N–H and O–H groups in total. The number of hydrogen-bond donors (Lipinski definition) is 0. The van der Waals surface area contributed by atoms with Gasteiger partial charge in [-0.3, -0.25) is 0 Å². The molecule has 0 aromatic rings. The van der Waals surface area contributed by atoms with E-state index in [4.69, 9.17) is 0 Å². The molecule has 0 fully saturated rings. The molecular formula is C11H26N+. The van der Waals surface area contributed by atoms with Crippen LogP contribution in [0.4, 0.5) is 0 Å². The minimum absolute atomic E-state index is 0.858. The molecule has 0 amide bonds. The summed E-state index contributed by atoms with van der Waals surface area (Å²) in [5.41, 5.74) is 0. The van der Waals surface area contributed by atoms with Crippen LogP contribution >= 0.6 is 0 Å². The molecule has 0 rings (SSSR count). The van der Waals surface area contributed by atoms with Gasteiger partial charge < -0.3 is 4.48 Å². The number of unbranched alkanes of at least 4 members (excludes halogenated alkanes) is 2. The fraction of sp³-hybridized carbons (Fsp3) is 1.00. The highest BCUT2D eigenvalue weighted by Gasteiger charge is 2.20. The number of hydrogen-bond acceptors (Lipinski definition) is 0. The third-order valence-electron chi connectivity index (χ3n) is 2.71. The van der Waals surface area contributed by atoms with Gasteiger partial charge in [-0.2, -0.15) is 0 Å². The van der Waals surface area contributed by atoms with Crippen molar-refractivity contribution in [3.8, 4) is 0 Å². The molecule has 1 unspecified atom stereocenters. The molecule has 0 aromatic heterocycles. The third-order valence-corrected chi connectivity index (χ3v) is 2.71. The van der Waals surface area contributed by atoms with Crippen LogP contribution in [0.15, 0.2) is 0 Å². The molecule has 0 saturated heterocycles. The Morgan fingerprint density at radius 3 is 1.92 bits per heavy atom. The fourth-order valence-corrected chi connectivity index (χ4v) is 1.77. The lowest BCUT2D eigenvalue weighted by Crippen LogP contribution is -2.44. The monoisotopic (exact) mass is 172 g/mol. The molecule has 0 radical (unpaired) electrons. The van der Waals surface area contributed by atoms with Crippen molar-refractivity contribution in [2.75, 3.05) is 21.1 Å². The minimum Gasteiger partial charge on any atom is -0.328 e. The third kappa shape index (κ3) is 4.76. The van der Waals surface area contributed by atoms with E-state index in [2.05, 4.69) is 35.0 Å². The van der Waals surface area contributed by atoms with Gasteiger partial charge in [0.25, 0.3) is 0 Å². The zero-order chi connectivity index (χ0) is 9.61. The lowest BCUT2D eigenvalue weighted by atomic mass is 10.0. The second-order valence-electron chi connectivity index (χ2n) is 4.67. The topological polar surface area (TPSA) is 0 Å². The normalized spacial score (nSPS) is 14.8. The Morgan fingerprint density at radius 2 is 1.58 bits per heavy atom. The second kappa shape index (κ2) is 5.58. The Labute approximate surface area is 78.4 Å². The molecule has 0 bridgehead atoms. The molecule has 1 heteroatoms. The summed E-state index contributed by atoms with van der Waals surface area (Å²) in [4.78, 5) is 0. The molecule has 0 saturated carbocycles. The SMILES string of the molecule is CCCCCC(CC)[N+](C)(C)C. The van der Waals surface area contributed by atoms with E-state index in [9.17, 15) is 0 Å². The Hall–Kier alpha value is -0.0400. The summed E-state index contributed by atoms with van der Waals surface area (Å²) in [6.07, 6.45) is 6.86. The average molecular weight is 172 g/mol. The Morgan fingerprint density at radius 1 is 1.00 bits per heavy atom. The van der Waals surface area contributed by atoms with Crippen LogP contribution in [0.3, 0.4) is 0 Å². The molecule has 0 aliphatic carbocycles. The molecule has 0 aliphatic heterocycles. The van der Waals surface area contributed by atoms with Gasteiger partial charge in [-0.1, -0.05) is 26.7 Å². The van der Waals surface area contributed by atoms with Crippen molar-refractivity contribution >= 4 is 0 Å². The van der Waals surface area contributed by atoms with Crippen LogP contribution in [0.25, 0.3) is 0 Å². The van der Waals surface area contributed by atoms with Crippen molar-refractivity contribution in [3.05, 3.63) is 0 Å². The molecule has 74 valence electrons. The van der Waals surface area contributed by atoms with Gasteiger partial charge in [0, 0.05) is 0 Å². The van der Waals surface area contributed by atoms with Crippen LogP contribution in [-0.2, 0) is 0 Å². The first-order valence-corrected chi connectivity index (χ1v) is 5.33. The van der Waals surface area contributed by atoms with Gasteiger partial charge in [-0.05, 0) is 19.3 Å². The lowest BCUT2D eigenvalue weighted by molar-refractivity contribution is -0.896. The highest BCUT2D eigenvalue weighted by atomic mass is 15.3. The van der Waals surface area contributed by atoms with Crippen LogP contribution in [-0.4, -0.2) is 31.7 Å². The minimum atomic E-state index is 0.858. The van der Waals surface area contributed by atoms with Gasteiger partial charge in [0.2, 0.25) is 0 Å². The molecule has 0 heterocycles. The number of rotatable bonds is 6. The van der Waals surface area contributed by atoms with Crippen molar-refractivity contribution in [1.29, 1.82) is 0 Å². The van der Waals surface area contributed by atoms with Crippen LogP contribution in [0, 0.1) is 0 Å². The van der Waals surface area contributed by atoms with Gasteiger partial charge in [0.1, 0.15) is 0 Å². The van der Waals surface area contributed by atoms with Crippen molar-refractivity contribution in [2.45, 2.75) is 52.0 Å². The van der Waals surface area contributed by atoms with E-state index in [-0.39, 0.29) is 0 Å². The van der Waals surface area contributed by atoms with E-state index in [1.54, 1.807) is 0 Å². The molecule has 0 spiro atoms. The van der Waals surface area contributed by atoms with Gasteiger partial charge in [-0.15, -0.1) is 0 Å². The van der Waals surface area contributed by atoms with E-state index < -0.39 is 0 Å². The van der Waals surface area contributed by atoms with Gasteiger partial charge in [-0.25, -0.2) is 0 Å². The molecule has 0 aromatic carbocycles. The smallest absolute Gasteiger partial charge is 0.0881 e. The summed E-state index contributed by atoms with van der Waals surface area (Å²) in [5, 5.41) is 0. The second-order valence-corrected chi connectivity index (χ2v) is 4.67. The zero-order valence-corrected chi connectivity index (χ0v) is 9.56. The number of nitrogens with zero attached hydrogens (tertiary/aromatic N) is 1. The van der Waals surface area contributed by atoms with Crippen LogP contribution in [0.1, 0.15) is 46.0 Å². The Bertz CT molecular complexity index is 102. The van der Waals surface area contributed by atoms with E-state index in [0.29, 0.717) is 0 Å². The lowest BCUT2D eigenvalue weighted by Gasteiger charge is -2.33. The fourth-order valence-electron chi connectivity index (χ4n) is 1.77. The summed E-state index contributed by atoms with van der Waals surface area (Å²) in [6.45, 7) is 4.58. The largest absolute Gasteiger partial charge is 0.328 e. The van der Waals surface area contributed by atoms with Gasteiger partial charge in [0.05, 0.1) is 27.2 Å².